The lowest BCUT2D eigenvalue weighted by molar-refractivity contribution is -0.121. The van der Waals surface area contributed by atoms with Gasteiger partial charge in [0, 0.05) is 5.56 Å². The number of para-hydroxylation sites is 1. The summed E-state index contributed by atoms with van der Waals surface area (Å²) in [7, 11) is 1.58. The zero-order valence-electron chi connectivity index (χ0n) is 10.4. The van der Waals surface area contributed by atoms with Crippen molar-refractivity contribution in [1.82, 2.24) is 20.2 Å². The number of hydrogen-bond donors (Lipinski definition) is 1. The largest absolute Gasteiger partial charge is 0.496 e. The van der Waals surface area contributed by atoms with Gasteiger partial charge in [-0.2, -0.15) is 10.2 Å². The van der Waals surface area contributed by atoms with E-state index in [4.69, 9.17) is 4.74 Å². The van der Waals surface area contributed by atoms with E-state index >= 15 is 0 Å². The predicted molar refractivity (Wildman–Crippen MR) is 68.8 cm³/mol. The minimum atomic E-state index is -0.281. The van der Waals surface area contributed by atoms with Gasteiger partial charge in [-0.15, -0.1) is 0 Å². The Morgan fingerprint density at radius 2 is 2.37 bits per heavy atom. The Balaban J connectivity index is 1.91. The summed E-state index contributed by atoms with van der Waals surface area (Å²) in [6, 6.07) is 7.38. The van der Waals surface area contributed by atoms with Gasteiger partial charge in [0.1, 0.15) is 24.9 Å². The molecule has 1 amide bonds. The van der Waals surface area contributed by atoms with Crippen LogP contribution >= 0.6 is 0 Å². The Morgan fingerprint density at radius 1 is 1.53 bits per heavy atom. The summed E-state index contributed by atoms with van der Waals surface area (Å²) >= 11 is 0. The van der Waals surface area contributed by atoms with Gasteiger partial charge in [-0.1, -0.05) is 12.1 Å². The van der Waals surface area contributed by atoms with Gasteiger partial charge >= 0.3 is 0 Å². The molecule has 0 radical (unpaired) electrons. The van der Waals surface area contributed by atoms with E-state index in [-0.39, 0.29) is 12.5 Å². The van der Waals surface area contributed by atoms with E-state index in [2.05, 4.69) is 20.6 Å². The molecule has 0 saturated heterocycles. The molecule has 7 heteroatoms. The number of nitrogens with zero attached hydrogens (tertiary/aromatic N) is 4. The number of benzene rings is 1. The molecule has 1 N–H and O–H groups in total. The molecule has 2 rings (SSSR count). The number of aromatic nitrogens is 3. The van der Waals surface area contributed by atoms with E-state index in [1.54, 1.807) is 7.11 Å². The molecule has 0 atom stereocenters. The molecule has 98 valence electrons. The first-order chi connectivity index (χ1) is 9.29. The number of nitrogens with one attached hydrogen (secondary N) is 1. The Morgan fingerprint density at radius 3 is 3.11 bits per heavy atom. The molecule has 19 heavy (non-hydrogen) atoms. The van der Waals surface area contributed by atoms with Gasteiger partial charge in [0.2, 0.25) is 0 Å². The smallest absolute Gasteiger partial charge is 0.261 e. The normalized spacial score (nSPS) is 10.6. The lowest BCUT2D eigenvalue weighted by Crippen LogP contribution is -2.23. The first kappa shape index (κ1) is 12.7. The third-order valence-electron chi connectivity index (χ3n) is 2.30. The van der Waals surface area contributed by atoms with Crippen LogP contribution in [0.2, 0.25) is 0 Å². The van der Waals surface area contributed by atoms with Crippen molar-refractivity contribution in [3.05, 3.63) is 42.5 Å². The number of methoxy groups -OCH3 is 1. The van der Waals surface area contributed by atoms with E-state index in [1.165, 1.54) is 23.6 Å². The van der Waals surface area contributed by atoms with Gasteiger partial charge < -0.3 is 4.74 Å². The van der Waals surface area contributed by atoms with E-state index in [0.29, 0.717) is 5.75 Å². The average Bonchev–Trinajstić information content (AvgIpc) is 2.92. The van der Waals surface area contributed by atoms with Crippen LogP contribution in [-0.4, -0.2) is 34.0 Å². The molecule has 0 fully saturated rings. The predicted octanol–water partition coefficient (Wildman–Crippen LogP) is 0.437. The maximum absolute atomic E-state index is 11.5. The van der Waals surface area contributed by atoms with Crippen LogP contribution in [0.15, 0.2) is 42.0 Å². The molecule has 1 aromatic carbocycles. The van der Waals surface area contributed by atoms with Crippen molar-refractivity contribution in [1.29, 1.82) is 0 Å². The van der Waals surface area contributed by atoms with Crippen LogP contribution in [0.5, 0.6) is 5.75 Å². The summed E-state index contributed by atoms with van der Waals surface area (Å²) < 4.78 is 6.57. The summed E-state index contributed by atoms with van der Waals surface area (Å²) in [5.41, 5.74) is 3.19. The lowest BCUT2D eigenvalue weighted by Gasteiger charge is -2.03. The first-order valence-corrected chi connectivity index (χ1v) is 5.57. The van der Waals surface area contributed by atoms with Crippen LogP contribution in [0.1, 0.15) is 5.56 Å². The second kappa shape index (κ2) is 6.29. The van der Waals surface area contributed by atoms with Crippen LogP contribution in [0.3, 0.4) is 0 Å². The SMILES string of the molecule is COc1ccccc1/C=N\NC(=O)Cn1cncn1. The number of carbonyl (C=O) groups excluding carboxylic acids is 1. The Hall–Kier alpha value is -2.70. The van der Waals surface area contributed by atoms with Gasteiger partial charge in [-0.25, -0.2) is 15.1 Å². The second-order valence-corrected chi connectivity index (χ2v) is 3.63. The molecule has 2 aromatic rings. The molecular weight excluding hydrogens is 246 g/mol. The fourth-order valence-electron chi connectivity index (χ4n) is 1.44. The number of ether oxygens (including phenoxy) is 1. The van der Waals surface area contributed by atoms with E-state index in [1.807, 2.05) is 24.3 Å². The van der Waals surface area contributed by atoms with Crippen molar-refractivity contribution in [2.24, 2.45) is 5.10 Å². The maximum Gasteiger partial charge on any atom is 0.261 e. The van der Waals surface area contributed by atoms with Crippen molar-refractivity contribution < 1.29 is 9.53 Å². The zero-order valence-corrected chi connectivity index (χ0v) is 10.4. The summed E-state index contributed by atoms with van der Waals surface area (Å²) in [5, 5.41) is 7.69. The number of hydrogen-bond acceptors (Lipinski definition) is 5. The molecule has 0 bridgehead atoms. The second-order valence-electron chi connectivity index (χ2n) is 3.63. The van der Waals surface area contributed by atoms with Gasteiger partial charge in [-0.3, -0.25) is 4.79 Å². The summed E-state index contributed by atoms with van der Waals surface area (Å²) in [6.07, 6.45) is 4.35. The highest BCUT2D eigenvalue weighted by Gasteiger charge is 2.01. The van der Waals surface area contributed by atoms with Crippen molar-refractivity contribution in [2.45, 2.75) is 6.54 Å². The van der Waals surface area contributed by atoms with Crippen LogP contribution in [-0.2, 0) is 11.3 Å². The number of amides is 1. The monoisotopic (exact) mass is 259 g/mol. The van der Waals surface area contributed by atoms with Gasteiger partial charge in [0.05, 0.1) is 13.3 Å². The highest BCUT2D eigenvalue weighted by molar-refractivity contribution is 5.85. The molecule has 1 aromatic heterocycles. The number of rotatable bonds is 5. The molecule has 0 saturated carbocycles. The first-order valence-electron chi connectivity index (χ1n) is 5.57. The van der Waals surface area contributed by atoms with Crippen LogP contribution in [0.25, 0.3) is 0 Å². The highest BCUT2D eigenvalue weighted by atomic mass is 16.5. The zero-order chi connectivity index (χ0) is 13.5. The lowest BCUT2D eigenvalue weighted by atomic mass is 10.2. The molecule has 0 unspecified atom stereocenters. The summed E-state index contributed by atoms with van der Waals surface area (Å²) in [4.78, 5) is 15.3. The summed E-state index contributed by atoms with van der Waals surface area (Å²) in [5.74, 6) is 0.411. The average molecular weight is 259 g/mol. The Kier molecular flexibility index (Phi) is 4.22. The fourth-order valence-corrected chi connectivity index (χ4v) is 1.44. The number of carbonyl (C=O) groups is 1. The Labute approximate surface area is 109 Å². The number of hydrazone groups is 1. The highest BCUT2D eigenvalue weighted by Crippen LogP contribution is 2.14. The van der Waals surface area contributed by atoms with Crippen molar-refractivity contribution in [2.75, 3.05) is 7.11 Å². The van der Waals surface area contributed by atoms with Crippen LogP contribution in [0, 0.1) is 0 Å². The molecule has 1 heterocycles. The van der Waals surface area contributed by atoms with E-state index in [9.17, 15) is 4.79 Å². The van der Waals surface area contributed by atoms with Crippen LogP contribution in [0.4, 0.5) is 0 Å². The molecule has 0 spiro atoms. The molecule has 0 aliphatic carbocycles. The molecular formula is C12H13N5O2. The van der Waals surface area contributed by atoms with E-state index < -0.39 is 0 Å². The van der Waals surface area contributed by atoms with Crippen LogP contribution < -0.4 is 10.2 Å². The standard InChI is InChI=1S/C12H13N5O2/c1-19-11-5-3-2-4-10(11)6-14-16-12(18)7-17-9-13-8-15-17/h2-6,8-9H,7H2,1H3,(H,16,18)/b14-6-. The maximum atomic E-state index is 11.5. The van der Waals surface area contributed by atoms with Crippen molar-refractivity contribution in [3.63, 3.8) is 0 Å². The minimum absolute atomic E-state index is 0.0727. The third-order valence-corrected chi connectivity index (χ3v) is 2.30. The van der Waals surface area contributed by atoms with E-state index in [0.717, 1.165) is 5.56 Å². The fraction of sp³-hybridized carbons (Fsp3) is 0.167. The van der Waals surface area contributed by atoms with Crippen molar-refractivity contribution in [3.8, 4) is 5.75 Å². The quantitative estimate of drug-likeness (QED) is 0.624. The Bertz CT molecular complexity index is 565. The molecule has 7 nitrogen and oxygen atoms in total. The van der Waals surface area contributed by atoms with Gasteiger partial charge in [-0.05, 0) is 12.1 Å². The third kappa shape index (κ3) is 3.63. The summed E-state index contributed by atoms with van der Waals surface area (Å²) in [6.45, 7) is 0.0727. The van der Waals surface area contributed by atoms with Gasteiger partial charge in [0.25, 0.3) is 5.91 Å². The minimum Gasteiger partial charge on any atom is -0.496 e. The molecule has 0 aliphatic rings. The van der Waals surface area contributed by atoms with Crippen molar-refractivity contribution >= 4 is 12.1 Å². The van der Waals surface area contributed by atoms with Gasteiger partial charge in [0.15, 0.2) is 0 Å². The molecule has 0 aliphatic heterocycles. The topological polar surface area (TPSA) is 81.4 Å².